The lowest BCUT2D eigenvalue weighted by molar-refractivity contribution is -0.144. The third kappa shape index (κ3) is 6.47. The van der Waals surface area contributed by atoms with Crippen LogP contribution in [0.3, 0.4) is 0 Å². The van der Waals surface area contributed by atoms with Gasteiger partial charge in [-0.2, -0.15) is 8.42 Å². The number of esters is 1. The molecule has 3 N–H and O–H groups in total. The van der Waals surface area contributed by atoms with Crippen molar-refractivity contribution in [3.05, 3.63) is 52.5 Å². The zero-order valence-corrected chi connectivity index (χ0v) is 24.0. The van der Waals surface area contributed by atoms with E-state index in [1.54, 1.807) is 44.4 Å². The van der Waals surface area contributed by atoms with Crippen LogP contribution in [-0.4, -0.2) is 84.1 Å². The fourth-order valence-corrected chi connectivity index (χ4v) is 5.88. The number of rotatable bonds is 8. The summed E-state index contributed by atoms with van der Waals surface area (Å²) in [6.45, 7) is 5.96. The minimum Gasteiger partial charge on any atom is -0.426 e. The summed E-state index contributed by atoms with van der Waals surface area (Å²) in [4.78, 5) is 29.3. The molecule has 0 spiro atoms. The Hall–Kier alpha value is -2.90. The van der Waals surface area contributed by atoms with E-state index in [-0.39, 0.29) is 22.9 Å². The molecule has 39 heavy (non-hydrogen) atoms. The van der Waals surface area contributed by atoms with Crippen molar-refractivity contribution in [2.24, 2.45) is 5.92 Å². The number of nitrogens with one attached hydrogen (secondary N) is 3. The number of piperazine rings is 1. The highest BCUT2D eigenvalue weighted by Crippen LogP contribution is 2.46. The monoisotopic (exact) mass is 579 g/mol. The Bertz CT molecular complexity index is 1350. The number of halogens is 1. The van der Waals surface area contributed by atoms with Gasteiger partial charge in [-0.25, -0.2) is 9.52 Å². The minimum atomic E-state index is -3.78. The van der Waals surface area contributed by atoms with Crippen LogP contribution >= 0.6 is 11.6 Å². The highest BCUT2D eigenvalue weighted by atomic mass is 35.5. The first-order chi connectivity index (χ1) is 18.4. The summed E-state index contributed by atoms with van der Waals surface area (Å²) in [7, 11) is 0.678. The van der Waals surface area contributed by atoms with Gasteiger partial charge in [-0.1, -0.05) is 36.7 Å². The lowest BCUT2D eigenvalue weighted by Crippen LogP contribution is -2.54. The van der Waals surface area contributed by atoms with Gasteiger partial charge in [0.25, 0.3) is 10.2 Å². The topological polar surface area (TPSA) is 129 Å². The lowest BCUT2D eigenvalue weighted by atomic mass is 9.67. The molecule has 212 valence electrons. The van der Waals surface area contributed by atoms with Gasteiger partial charge < -0.3 is 19.7 Å². The van der Waals surface area contributed by atoms with Crippen molar-refractivity contribution in [2.45, 2.75) is 18.8 Å². The van der Waals surface area contributed by atoms with Crippen LogP contribution in [0.25, 0.3) is 0 Å². The van der Waals surface area contributed by atoms with E-state index in [1.807, 2.05) is 13.0 Å². The molecule has 2 aromatic carbocycles. The van der Waals surface area contributed by atoms with Gasteiger partial charge in [-0.3, -0.25) is 14.4 Å². The summed E-state index contributed by atoms with van der Waals surface area (Å²) in [6.07, 6.45) is -0.311. The molecule has 2 heterocycles. The molecule has 2 atom stereocenters. The van der Waals surface area contributed by atoms with E-state index in [0.29, 0.717) is 17.9 Å². The summed E-state index contributed by atoms with van der Waals surface area (Å²) in [6, 6.07) is 10.1. The van der Waals surface area contributed by atoms with Crippen LogP contribution in [0.1, 0.15) is 18.1 Å². The Labute approximate surface area is 234 Å². The normalized spacial score (nSPS) is 21.6. The summed E-state index contributed by atoms with van der Waals surface area (Å²) in [5.74, 6) is -0.437. The molecule has 0 bridgehead atoms. The van der Waals surface area contributed by atoms with E-state index < -0.39 is 33.6 Å². The molecule has 2 aliphatic heterocycles. The first-order valence-electron chi connectivity index (χ1n) is 12.6. The fourth-order valence-electron chi connectivity index (χ4n) is 5.01. The number of anilines is 1. The first-order valence-corrected chi connectivity index (χ1v) is 14.5. The summed E-state index contributed by atoms with van der Waals surface area (Å²) < 4.78 is 40.0. The summed E-state index contributed by atoms with van der Waals surface area (Å²) >= 11 is 6.64. The minimum absolute atomic E-state index is 0.212. The van der Waals surface area contributed by atoms with Crippen LogP contribution < -0.4 is 24.2 Å². The predicted octanol–water partition coefficient (Wildman–Crippen LogP) is 2.22. The lowest BCUT2D eigenvalue weighted by Gasteiger charge is -2.45. The highest BCUT2D eigenvalue weighted by Gasteiger charge is 2.48. The molecular formula is C26H34ClN5O6S. The number of amides is 1. The van der Waals surface area contributed by atoms with Gasteiger partial charge in [0.05, 0.1) is 16.6 Å². The Morgan fingerprint density at radius 3 is 2.64 bits per heavy atom. The van der Waals surface area contributed by atoms with E-state index in [4.69, 9.17) is 21.1 Å². The Kier molecular flexibility index (Phi) is 8.72. The summed E-state index contributed by atoms with van der Waals surface area (Å²) in [5, 5.41) is 3.56. The number of carbonyl (C=O) groups excluding carboxylic acids is 2. The van der Waals surface area contributed by atoms with Crippen molar-refractivity contribution < 1.29 is 27.5 Å². The number of nitrogens with zero attached hydrogens (tertiary/aromatic N) is 2. The number of fused-ring (bicyclic) bond motifs is 1. The Morgan fingerprint density at radius 1 is 1.26 bits per heavy atom. The molecule has 0 saturated carbocycles. The van der Waals surface area contributed by atoms with Gasteiger partial charge >= 0.3 is 12.1 Å². The van der Waals surface area contributed by atoms with Gasteiger partial charge in [0.2, 0.25) is 0 Å². The van der Waals surface area contributed by atoms with E-state index in [0.717, 1.165) is 31.7 Å². The van der Waals surface area contributed by atoms with Crippen LogP contribution in [0.5, 0.6) is 11.5 Å². The smallest absolute Gasteiger partial charge is 0.414 e. The van der Waals surface area contributed by atoms with Crippen molar-refractivity contribution in [3.8, 4) is 11.5 Å². The van der Waals surface area contributed by atoms with Crippen molar-refractivity contribution >= 4 is 39.6 Å². The highest BCUT2D eigenvalue weighted by molar-refractivity contribution is 7.90. The average molecular weight is 580 g/mol. The molecule has 0 radical (unpaired) electrons. The maximum absolute atomic E-state index is 13.6. The maximum atomic E-state index is 13.6. The number of hydrogen-bond donors (Lipinski definition) is 3. The molecule has 0 aromatic heterocycles. The third-order valence-electron chi connectivity index (χ3n) is 7.18. The fraction of sp³-hybridized carbons (Fsp3) is 0.462. The van der Waals surface area contributed by atoms with Crippen LogP contribution in [0.4, 0.5) is 10.5 Å². The molecule has 0 aliphatic carbocycles. The molecule has 1 fully saturated rings. The molecule has 1 saturated heterocycles. The second-order valence-corrected chi connectivity index (χ2v) is 12.1. The van der Waals surface area contributed by atoms with Crippen molar-refractivity contribution in [1.82, 2.24) is 19.8 Å². The number of carbonyl (C=O) groups is 2. The quantitative estimate of drug-likeness (QED) is 0.321. The zero-order chi connectivity index (χ0) is 28.4. The largest absolute Gasteiger partial charge is 0.426 e. The molecule has 13 heteroatoms. The molecule has 4 rings (SSSR count). The van der Waals surface area contributed by atoms with Gasteiger partial charge in [0, 0.05) is 70.9 Å². The van der Waals surface area contributed by atoms with Gasteiger partial charge in [-0.05, 0) is 24.1 Å². The second-order valence-electron chi connectivity index (χ2n) is 10.1. The van der Waals surface area contributed by atoms with Crippen molar-refractivity contribution in [3.63, 3.8) is 0 Å². The molecule has 11 nitrogen and oxygen atoms in total. The van der Waals surface area contributed by atoms with E-state index in [9.17, 15) is 18.0 Å². The average Bonchev–Trinajstić information content (AvgIpc) is 2.89. The Morgan fingerprint density at radius 2 is 1.97 bits per heavy atom. The van der Waals surface area contributed by atoms with Gasteiger partial charge in [0.1, 0.15) is 11.5 Å². The predicted molar refractivity (Wildman–Crippen MR) is 149 cm³/mol. The molecular weight excluding hydrogens is 546 g/mol. The molecule has 2 aromatic rings. The number of hydrogen-bond acceptors (Lipinski definition) is 8. The van der Waals surface area contributed by atoms with Crippen LogP contribution in [0.2, 0.25) is 5.02 Å². The van der Waals surface area contributed by atoms with Crippen LogP contribution in [-0.2, 0) is 26.8 Å². The Balaban J connectivity index is 1.72. The maximum Gasteiger partial charge on any atom is 0.414 e. The van der Waals surface area contributed by atoms with Crippen molar-refractivity contribution in [1.29, 1.82) is 0 Å². The molecule has 2 unspecified atom stereocenters. The van der Waals surface area contributed by atoms with E-state index in [2.05, 4.69) is 19.7 Å². The van der Waals surface area contributed by atoms with Crippen LogP contribution in [0, 0.1) is 5.92 Å². The number of benzene rings is 2. The first kappa shape index (κ1) is 29.1. The van der Waals surface area contributed by atoms with Crippen LogP contribution in [0.15, 0.2) is 36.4 Å². The zero-order valence-electron chi connectivity index (χ0n) is 22.4. The number of ether oxygens (including phenoxy) is 2. The third-order valence-corrected chi connectivity index (χ3v) is 8.65. The molecule has 1 amide bonds. The SMILES string of the molecule is CNS(=O)(=O)Nc1cccc(CC2C(=O)Oc3cc(OC(=O)N(C)C)ccc3C2(C)CN2CCNCC2)c1Cl. The van der Waals surface area contributed by atoms with Gasteiger partial charge in [-0.15, -0.1) is 0 Å². The summed E-state index contributed by atoms with van der Waals surface area (Å²) in [5.41, 5.74) is 0.958. The standard InChI is InChI=1S/C26H34ClN5O6S/c1-26(16-32-12-10-29-11-13-32)19-9-8-18(37-25(34)31(3)4)15-22(19)38-24(33)20(26)14-17-6-5-7-21(23(17)27)30-39(35,36)28-2/h5-9,15,20,28-30H,10-14,16H2,1-4H3. The van der Waals surface area contributed by atoms with Crippen molar-refractivity contribution in [2.75, 3.05) is 58.6 Å². The second kappa shape index (κ2) is 11.7. The van der Waals surface area contributed by atoms with Gasteiger partial charge in [0.15, 0.2) is 0 Å². The molecule has 2 aliphatic rings. The van der Waals surface area contributed by atoms with E-state index >= 15 is 0 Å². The van der Waals surface area contributed by atoms with E-state index in [1.165, 1.54) is 11.9 Å².